The molecule has 7 heteroatoms. The number of amides is 2. The van der Waals surface area contributed by atoms with Crippen molar-refractivity contribution in [3.63, 3.8) is 0 Å². The van der Waals surface area contributed by atoms with E-state index in [2.05, 4.69) is 34.9 Å². The van der Waals surface area contributed by atoms with E-state index in [0.717, 1.165) is 47.9 Å². The monoisotopic (exact) mass is 464 g/mol. The highest BCUT2D eigenvalue weighted by molar-refractivity contribution is 5.85. The summed E-state index contributed by atoms with van der Waals surface area (Å²) in [6.07, 6.45) is 3.60. The second-order valence-corrected chi connectivity index (χ2v) is 9.34. The van der Waals surface area contributed by atoms with Gasteiger partial charge in [0.15, 0.2) is 0 Å². The van der Waals surface area contributed by atoms with Gasteiger partial charge in [0.2, 0.25) is 5.91 Å². The van der Waals surface area contributed by atoms with Crippen LogP contribution >= 0.6 is 0 Å². The SMILES string of the molecule is C[C@H](NC(=O)OCC1c2ccccc2-c2ccccc21)C(=O)NCC(CC(=O)O)C1CCCC1. The minimum absolute atomic E-state index is 0.0408. The standard InChI is InChI=1S/C27H32N2O5/c1-17(26(32)28-15-19(14-25(30)31)18-8-2-3-9-18)29-27(33)34-16-24-22-12-6-4-10-20(22)21-11-5-7-13-23(21)24/h4-7,10-13,17-19,24H,2-3,8-9,14-16H2,1H3,(H,28,32)(H,29,33)(H,30,31)/t17-,19?/m0/s1. The molecule has 2 aliphatic rings. The van der Waals surface area contributed by atoms with E-state index < -0.39 is 18.1 Å². The molecule has 2 aromatic rings. The number of alkyl carbamates (subject to hydrolysis) is 1. The number of rotatable bonds is 9. The minimum atomic E-state index is -0.851. The molecular weight excluding hydrogens is 432 g/mol. The predicted octanol–water partition coefficient (Wildman–Crippen LogP) is 4.31. The molecule has 0 heterocycles. The van der Waals surface area contributed by atoms with Crippen molar-refractivity contribution in [2.75, 3.05) is 13.2 Å². The number of carboxylic acids is 1. The van der Waals surface area contributed by atoms with Crippen molar-refractivity contribution in [1.29, 1.82) is 0 Å². The van der Waals surface area contributed by atoms with Gasteiger partial charge in [-0.3, -0.25) is 9.59 Å². The minimum Gasteiger partial charge on any atom is -0.481 e. The molecule has 7 nitrogen and oxygen atoms in total. The highest BCUT2D eigenvalue weighted by atomic mass is 16.5. The lowest BCUT2D eigenvalue weighted by Gasteiger charge is -2.23. The summed E-state index contributed by atoms with van der Waals surface area (Å²) >= 11 is 0. The van der Waals surface area contributed by atoms with Crippen molar-refractivity contribution >= 4 is 18.0 Å². The smallest absolute Gasteiger partial charge is 0.407 e. The van der Waals surface area contributed by atoms with E-state index in [4.69, 9.17) is 4.74 Å². The number of benzene rings is 2. The largest absolute Gasteiger partial charge is 0.481 e. The zero-order chi connectivity index (χ0) is 24.1. The number of aliphatic carboxylic acids is 1. The van der Waals surface area contributed by atoms with E-state index in [9.17, 15) is 19.5 Å². The van der Waals surface area contributed by atoms with Gasteiger partial charge in [0.25, 0.3) is 0 Å². The van der Waals surface area contributed by atoms with Gasteiger partial charge in [0.05, 0.1) is 6.42 Å². The Bertz CT molecular complexity index is 1000. The first-order valence-electron chi connectivity index (χ1n) is 12.0. The van der Waals surface area contributed by atoms with Crippen molar-refractivity contribution in [1.82, 2.24) is 10.6 Å². The summed E-state index contributed by atoms with van der Waals surface area (Å²) < 4.78 is 5.51. The molecule has 2 amide bonds. The summed E-state index contributed by atoms with van der Waals surface area (Å²) in [6.45, 7) is 2.07. The molecule has 1 fully saturated rings. The van der Waals surface area contributed by atoms with Crippen molar-refractivity contribution < 1.29 is 24.2 Å². The molecule has 0 aromatic heterocycles. The van der Waals surface area contributed by atoms with Gasteiger partial charge < -0.3 is 20.5 Å². The first-order valence-corrected chi connectivity index (χ1v) is 12.0. The molecule has 2 aromatic carbocycles. The molecule has 0 spiro atoms. The number of carboxylic acid groups (broad SMARTS) is 1. The fraction of sp³-hybridized carbons (Fsp3) is 0.444. The zero-order valence-corrected chi connectivity index (χ0v) is 19.5. The summed E-state index contributed by atoms with van der Waals surface area (Å²) in [4.78, 5) is 36.2. The maximum Gasteiger partial charge on any atom is 0.407 e. The van der Waals surface area contributed by atoms with Crippen LogP contribution < -0.4 is 10.6 Å². The average molecular weight is 465 g/mol. The summed E-state index contributed by atoms with van der Waals surface area (Å²) in [5.41, 5.74) is 4.55. The van der Waals surface area contributed by atoms with Gasteiger partial charge >= 0.3 is 12.1 Å². The number of fused-ring (bicyclic) bond motifs is 3. The van der Waals surface area contributed by atoms with Crippen LogP contribution in [-0.2, 0) is 14.3 Å². The summed E-state index contributed by atoms with van der Waals surface area (Å²) in [5, 5.41) is 14.6. The first-order chi connectivity index (χ1) is 16.4. The van der Waals surface area contributed by atoms with Crippen molar-refractivity contribution in [2.24, 2.45) is 11.8 Å². The fourth-order valence-corrected chi connectivity index (χ4v) is 5.33. The number of hydrogen-bond donors (Lipinski definition) is 3. The third-order valence-corrected chi connectivity index (χ3v) is 7.11. The van der Waals surface area contributed by atoms with Gasteiger partial charge in [-0.2, -0.15) is 0 Å². The number of ether oxygens (including phenoxy) is 1. The van der Waals surface area contributed by atoms with E-state index in [1.54, 1.807) is 6.92 Å². The molecule has 34 heavy (non-hydrogen) atoms. The van der Waals surface area contributed by atoms with Crippen LogP contribution in [0, 0.1) is 11.8 Å². The van der Waals surface area contributed by atoms with Crippen LogP contribution in [0.5, 0.6) is 0 Å². The van der Waals surface area contributed by atoms with E-state index in [0.29, 0.717) is 12.5 Å². The van der Waals surface area contributed by atoms with Crippen molar-refractivity contribution in [2.45, 2.75) is 51.0 Å². The van der Waals surface area contributed by atoms with Crippen LogP contribution in [-0.4, -0.2) is 42.3 Å². The van der Waals surface area contributed by atoms with Crippen LogP contribution in [0.3, 0.4) is 0 Å². The van der Waals surface area contributed by atoms with Crippen molar-refractivity contribution in [3.05, 3.63) is 59.7 Å². The van der Waals surface area contributed by atoms with Gasteiger partial charge in [-0.15, -0.1) is 0 Å². The van der Waals surface area contributed by atoms with Gasteiger partial charge in [0.1, 0.15) is 12.6 Å². The van der Waals surface area contributed by atoms with E-state index in [1.165, 1.54) is 0 Å². The highest BCUT2D eigenvalue weighted by Crippen LogP contribution is 2.44. The molecule has 1 saturated carbocycles. The van der Waals surface area contributed by atoms with Gasteiger partial charge in [-0.25, -0.2) is 4.79 Å². The molecule has 0 aliphatic heterocycles. The molecule has 2 aliphatic carbocycles. The fourth-order valence-electron chi connectivity index (χ4n) is 5.33. The van der Waals surface area contributed by atoms with Gasteiger partial charge in [0, 0.05) is 12.5 Å². The topological polar surface area (TPSA) is 105 Å². The van der Waals surface area contributed by atoms with Crippen molar-refractivity contribution in [3.8, 4) is 11.1 Å². The van der Waals surface area contributed by atoms with Crippen LogP contribution in [0.2, 0.25) is 0 Å². The molecular formula is C27H32N2O5. The number of carbonyl (C=O) groups excluding carboxylic acids is 2. The van der Waals surface area contributed by atoms with Gasteiger partial charge in [-0.05, 0) is 41.0 Å². The Kier molecular flexibility index (Phi) is 7.50. The third-order valence-electron chi connectivity index (χ3n) is 7.11. The third kappa shape index (κ3) is 5.41. The predicted molar refractivity (Wildman–Crippen MR) is 128 cm³/mol. The Hall–Kier alpha value is -3.35. The van der Waals surface area contributed by atoms with E-state index >= 15 is 0 Å². The molecule has 0 bridgehead atoms. The quantitative estimate of drug-likeness (QED) is 0.513. The Balaban J connectivity index is 1.28. The summed E-state index contributed by atoms with van der Waals surface area (Å²) in [5.74, 6) is -1.02. The normalized spacial score (nSPS) is 16.9. The van der Waals surface area contributed by atoms with Crippen LogP contribution in [0.1, 0.15) is 56.1 Å². The van der Waals surface area contributed by atoms with Crippen LogP contribution in [0.4, 0.5) is 4.79 Å². The highest BCUT2D eigenvalue weighted by Gasteiger charge is 2.30. The Morgan fingerprint density at radius 1 is 1.00 bits per heavy atom. The summed E-state index contributed by atoms with van der Waals surface area (Å²) in [7, 11) is 0. The van der Waals surface area contributed by atoms with E-state index in [-0.39, 0.29) is 30.8 Å². The molecule has 180 valence electrons. The molecule has 2 atom stereocenters. The van der Waals surface area contributed by atoms with Crippen LogP contribution in [0.15, 0.2) is 48.5 Å². The lowest BCUT2D eigenvalue weighted by Crippen LogP contribution is -2.46. The number of nitrogens with one attached hydrogen (secondary N) is 2. The second kappa shape index (κ2) is 10.7. The van der Waals surface area contributed by atoms with Crippen LogP contribution in [0.25, 0.3) is 11.1 Å². The molecule has 1 unspecified atom stereocenters. The molecule has 4 rings (SSSR count). The van der Waals surface area contributed by atoms with Gasteiger partial charge in [-0.1, -0.05) is 74.2 Å². The second-order valence-electron chi connectivity index (χ2n) is 9.34. The molecule has 3 N–H and O–H groups in total. The number of hydrogen-bond acceptors (Lipinski definition) is 4. The summed E-state index contributed by atoms with van der Waals surface area (Å²) in [6, 6.07) is 15.4. The number of carbonyl (C=O) groups is 3. The van der Waals surface area contributed by atoms with E-state index in [1.807, 2.05) is 24.3 Å². The average Bonchev–Trinajstić information content (AvgIpc) is 3.47. The maximum absolute atomic E-state index is 12.5. The Morgan fingerprint density at radius 3 is 2.18 bits per heavy atom. The first kappa shape index (κ1) is 23.8. The Labute approximate surface area is 199 Å². The zero-order valence-electron chi connectivity index (χ0n) is 19.5. The lowest BCUT2D eigenvalue weighted by molar-refractivity contribution is -0.138. The Morgan fingerprint density at radius 2 is 1.59 bits per heavy atom. The molecule has 0 radical (unpaired) electrons. The molecule has 0 saturated heterocycles. The lowest BCUT2D eigenvalue weighted by atomic mass is 9.88. The maximum atomic E-state index is 12.5.